The van der Waals surface area contributed by atoms with E-state index < -0.39 is 0 Å². The molecule has 0 fully saturated rings. The van der Waals surface area contributed by atoms with Crippen LogP contribution in [-0.2, 0) is 6.54 Å². The molecule has 0 aliphatic rings. The number of rotatable bonds is 6. The van der Waals surface area contributed by atoms with E-state index in [2.05, 4.69) is 15.7 Å². The molecular weight excluding hydrogens is 367 g/mol. The average Bonchev–Trinajstić information content (AvgIpc) is 3.08. The summed E-state index contributed by atoms with van der Waals surface area (Å²) < 4.78 is 25.5. The first-order valence-electron chi connectivity index (χ1n) is 8.15. The van der Waals surface area contributed by atoms with Gasteiger partial charge >= 0.3 is 0 Å². The largest absolute Gasteiger partial charge is 0.497 e. The van der Waals surface area contributed by atoms with Crippen molar-refractivity contribution in [1.29, 1.82) is 0 Å². The van der Waals surface area contributed by atoms with Gasteiger partial charge < -0.3 is 20.1 Å². The zero-order valence-corrected chi connectivity index (χ0v) is 15.7. The first kappa shape index (κ1) is 18.7. The zero-order valence-electron chi connectivity index (χ0n) is 14.9. The van der Waals surface area contributed by atoms with Crippen LogP contribution in [0, 0.1) is 5.82 Å². The van der Waals surface area contributed by atoms with Gasteiger partial charge in [-0.2, -0.15) is 5.10 Å². The predicted octanol–water partition coefficient (Wildman–Crippen LogP) is 3.90. The Morgan fingerprint density at radius 3 is 2.70 bits per heavy atom. The minimum Gasteiger partial charge on any atom is -0.497 e. The van der Waals surface area contributed by atoms with E-state index in [0.29, 0.717) is 34.7 Å². The summed E-state index contributed by atoms with van der Waals surface area (Å²) in [6.45, 7) is 0.464. The number of anilines is 2. The summed E-state index contributed by atoms with van der Waals surface area (Å²) in [4.78, 5) is 0. The summed E-state index contributed by atoms with van der Waals surface area (Å²) >= 11 is 5.33. The molecule has 3 aromatic rings. The Hall–Kier alpha value is -3.13. The van der Waals surface area contributed by atoms with Crippen LogP contribution < -0.4 is 20.1 Å². The minimum absolute atomic E-state index is 0.267. The van der Waals surface area contributed by atoms with E-state index in [1.54, 1.807) is 49.4 Å². The lowest BCUT2D eigenvalue weighted by Crippen LogP contribution is -2.20. The van der Waals surface area contributed by atoms with E-state index in [0.717, 1.165) is 5.56 Å². The molecule has 2 N–H and O–H groups in total. The second-order valence-corrected chi connectivity index (χ2v) is 6.08. The molecule has 0 bridgehead atoms. The fourth-order valence-electron chi connectivity index (χ4n) is 2.51. The molecule has 27 heavy (non-hydrogen) atoms. The predicted molar refractivity (Wildman–Crippen MR) is 107 cm³/mol. The molecule has 1 heterocycles. The number of hydrogen-bond acceptors (Lipinski definition) is 4. The summed E-state index contributed by atoms with van der Waals surface area (Å²) in [6, 6.07) is 13.6. The zero-order chi connectivity index (χ0) is 19.2. The van der Waals surface area contributed by atoms with Gasteiger partial charge in [-0.1, -0.05) is 12.1 Å². The number of nitrogens with zero attached hydrogens (tertiary/aromatic N) is 2. The highest BCUT2D eigenvalue weighted by Gasteiger charge is 2.08. The second kappa shape index (κ2) is 8.50. The van der Waals surface area contributed by atoms with Gasteiger partial charge in [0.25, 0.3) is 0 Å². The smallest absolute Gasteiger partial charge is 0.176 e. The molecule has 2 aromatic carbocycles. The molecule has 0 aliphatic heterocycles. The third-order valence-corrected chi connectivity index (χ3v) is 3.98. The number of ether oxygens (including phenoxy) is 2. The Kier molecular flexibility index (Phi) is 5.87. The Morgan fingerprint density at radius 1 is 1.11 bits per heavy atom. The summed E-state index contributed by atoms with van der Waals surface area (Å²) in [5, 5.41) is 10.8. The first-order valence-corrected chi connectivity index (χ1v) is 8.56. The number of aromatic nitrogens is 2. The molecule has 0 aliphatic carbocycles. The van der Waals surface area contributed by atoms with Gasteiger partial charge in [0.2, 0.25) is 0 Å². The first-order chi connectivity index (χ1) is 13.1. The van der Waals surface area contributed by atoms with Crippen LogP contribution in [0.25, 0.3) is 0 Å². The summed E-state index contributed by atoms with van der Waals surface area (Å²) in [7, 11) is 3.17. The number of benzene rings is 2. The lowest BCUT2D eigenvalue weighted by Gasteiger charge is -2.13. The van der Waals surface area contributed by atoms with Gasteiger partial charge in [-0.05, 0) is 42.0 Å². The number of nitrogens with one attached hydrogen (secondary N) is 2. The number of halogens is 1. The van der Waals surface area contributed by atoms with E-state index in [1.165, 1.54) is 12.1 Å². The minimum atomic E-state index is -0.267. The third kappa shape index (κ3) is 4.95. The molecule has 1 aromatic heterocycles. The van der Waals surface area contributed by atoms with E-state index in [4.69, 9.17) is 21.7 Å². The molecule has 8 heteroatoms. The summed E-state index contributed by atoms with van der Waals surface area (Å²) in [5.74, 6) is 1.61. The lowest BCUT2D eigenvalue weighted by atomic mass is 10.2. The normalized spacial score (nSPS) is 10.3. The number of thiocarbonyl (C=S) groups is 1. The summed E-state index contributed by atoms with van der Waals surface area (Å²) in [5.41, 5.74) is 1.53. The Bertz CT molecular complexity index is 945. The second-order valence-electron chi connectivity index (χ2n) is 5.67. The standard InChI is InChI=1S/C19H19FN4O2S/c1-25-15-6-7-16(17(11-15)26-2)21-19(27)22-18-8-9-24(23-18)12-13-4-3-5-14(20)10-13/h3-11H,12H2,1-2H3,(H2,21,22,23,27). The third-order valence-electron chi connectivity index (χ3n) is 3.77. The molecule has 0 spiro atoms. The van der Waals surface area contributed by atoms with Crippen LogP contribution in [0.15, 0.2) is 54.7 Å². The SMILES string of the molecule is COc1ccc(NC(=S)Nc2ccn(Cc3cccc(F)c3)n2)c(OC)c1. The van der Waals surface area contributed by atoms with Crippen LogP contribution in [0.5, 0.6) is 11.5 Å². The molecule has 0 atom stereocenters. The highest BCUT2D eigenvalue weighted by molar-refractivity contribution is 7.80. The van der Waals surface area contributed by atoms with E-state index in [1.807, 2.05) is 12.1 Å². The van der Waals surface area contributed by atoms with Crippen LogP contribution in [0.3, 0.4) is 0 Å². The van der Waals surface area contributed by atoms with E-state index in [-0.39, 0.29) is 5.82 Å². The molecular formula is C19H19FN4O2S. The van der Waals surface area contributed by atoms with Gasteiger partial charge in [-0.3, -0.25) is 4.68 Å². The van der Waals surface area contributed by atoms with Crippen molar-refractivity contribution < 1.29 is 13.9 Å². The maximum atomic E-state index is 13.3. The topological polar surface area (TPSA) is 60.3 Å². The van der Waals surface area contributed by atoms with Crippen molar-refractivity contribution in [2.75, 3.05) is 24.9 Å². The van der Waals surface area contributed by atoms with Gasteiger partial charge in [0.15, 0.2) is 10.9 Å². The fourth-order valence-corrected chi connectivity index (χ4v) is 2.72. The maximum Gasteiger partial charge on any atom is 0.176 e. The van der Waals surface area contributed by atoms with Crippen LogP contribution in [0.1, 0.15) is 5.56 Å². The van der Waals surface area contributed by atoms with Crippen LogP contribution in [-0.4, -0.2) is 29.1 Å². The van der Waals surface area contributed by atoms with Gasteiger partial charge in [0.1, 0.15) is 17.3 Å². The molecule has 0 saturated heterocycles. The Morgan fingerprint density at radius 2 is 1.96 bits per heavy atom. The van der Waals surface area contributed by atoms with Crippen molar-refractivity contribution in [2.24, 2.45) is 0 Å². The van der Waals surface area contributed by atoms with Gasteiger partial charge in [-0.25, -0.2) is 4.39 Å². The average molecular weight is 386 g/mol. The highest BCUT2D eigenvalue weighted by atomic mass is 32.1. The quantitative estimate of drug-likeness (QED) is 0.627. The molecule has 3 rings (SSSR count). The van der Waals surface area contributed by atoms with Gasteiger partial charge in [0, 0.05) is 18.3 Å². The van der Waals surface area contributed by atoms with Gasteiger partial charge in [0.05, 0.1) is 26.5 Å². The van der Waals surface area contributed by atoms with Crippen molar-refractivity contribution in [2.45, 2.75) is 6.54 Å². The van der Waals surface area contributed by atoms with Crippen LogP contribution in [0.4, 0.5) is 15.9 Å². The van der Waals surface area contributed by atoms with E-state index >= 15 is 0 Å². The molecule has 0 radical (unpaired) electrons. The number of hydrogen-bond donors (Lipinski definition) is 2. The lowest BCUT2D eigenvalue weighted by molar-refractivity contribution is 0.395. The van der Waals surface area contributed by atoms with Crippen molar-refractivity contribution in [3.05, 3.63) is 66.1 Å². The molecule has 140 valence electrons. The number of methoxy groups -OCH3 is 2. The Balaban J connectivity index is 1.63. The van der Waals surface area contributed by atoms with Crippen molar-refractivity contribution in [1.82, 2.24) is 9.78 Å². The Labute approximate surface area is 161 Å². The van der Waals surface area contributed by atoms with E-state index in [9.17, 15) is 4.39 Å². The van der Waals surface area contributed by atoms with Crippen molar-refractivity contribution in [3.63, 3.8) is 0 Å². The fraction of sp³-hybridized carbons (Fsp3) is 0.158. The van der Waals surface area contributed by atoms with Crippen molar-refractivity contribution >= 4 is 28.8 Å². The molecule has 0 saturated carbocycles. The van der Waals surface area contributed by atoms with Gasteiger partial charge in [-0.15, -0.1) is 0 Å². The highest BCUT2D eigenvalue weighted by Crippen LogP contribution is 2.29. The molecule has 6 nitrogen and oxygen atoms in total. The molecule has 0 amide bonds. The van der Waals surface area contributed by atoms with Crippen LogP contribution in [0.2, 0.25) is 0 Å². The molecule has 0 unspecified atom stereocenters. The van der Waals surface area contributed by atoms with Crippen LogP contribution >= 0.6 is 12.2 Å². The van der Waals surface area contributed by atoms with Crippen molar-refractivity contribution in [3.8, 4) is 11.5 Å². The summed E-state index contributed by atoms with van der Waals surface area (Å²) in [6.07, 6.45) is 1.80. The maximum absolute atomic E-state index is 13.3. The monoisotopic (exact) mass is 386 g/mol.